The predicted molar refractivity (Wildman–Crippen MR) is 121 cm³/mol. The topological polar surface area (TPSA) is 127 Å². The van der Waals surface area contributed by atoms with Crippen molar-refractivity contribution in [2.24, 2.45) is 0 Å². The molecule has 0 aliphatic carbocycles. The summed E-state index contributed by atoms with van der Waals surface area (Å²) in [5.41, 5.74) is 0.508. The van der Waals surface area contributed by atoms with Crippen molar-refractivity contribution in [3.05, 3.63) is 67.0 Å². The van der Waals surface area contributed by atoms with E-state index in [9.17, 15) is 18.8 Å². The average Bonchev–Trinajstić information content (AvgIpc) is 3.31. The van der Waals surface area contributed by atoms with Gasteiger partial charge in [-0.15, -0.1) is 0 Å². The summed E-state index contributed by atoms with van der Waals surface area (Å²) in [4.78, 5) is 40.1. The first-order valence-electron chi connectivity index (χ1n) is 10.6. The van der Waals surface area contributed by atoms with Gasteiger partial charge in [0.1, 0.15) is 42.6 Å². The Kier molecular flexibility index (Phi) is 8.67. The minimum absolute atomic E-state index is 0.0785. The second-order valence-corrected chi connectivity index (χ2v) is 7.41. The minimum Gasteiger partial charge on any atom is -0.457 e. The van der Waals surface area contributed by atoms with Gasteiger partial charge in [0, 0.05) is 19.2 Å². The molecule has 3 aromatic rings. The zero-order valence-electron chi connectivity index (χ0n) is 18.5. The molecular weight excluding hydrogens is 443 g/mol. The summed E-state index contributed by atoms with van der Waals surface area (Å²) in [5, 5.41) is 12.0. The van der Waals surface area contributed by atoms with E-state index in [-0.39, 0.29) is 18.3 Å². The van der Waals surface area contributed by atoms with Gasteiger partial charge in [-0.05, 0) is 61.4 Å². The van der Waals surface area contributed by atoms with E-state index in [1.807, 2.05) is 0 Å². The van der Waals surface area contributed by atoms with E-state index in [4.69, 9.17) is 4.74 Å². The van der Waals surface area contributed by atoms with E-state index in [2.05, 4.69) is 26.0 Å². The van der Waals surface area contributed by atoms with E-state index in [1.54, 1.807) is 24.3 Å². The molecule has 0 aliphatic heterocycles. The van der Waals surface area contributed by atoms with Crippen LogP contribution in [-0.4, -0.2) is 45.1 Å². The van der Waals surface area contributed by atoms with Gasteiger partial charge < -0.3 is 20.7 Å². The van der Waals surface area contributed by atoms with Crippen molar-refractivity contribution in [2.45, 2.75) is 32.4 Å². The molecule has 3 amide bonds. The van der Waals surface area contributed by atoms with Gasteiger partial charge in [0.2, 0.25) is 17.7 Å². The smallest absolute Gasteiger partial charge is 0.246 e. The van der Waals surface area contributed by atoms with Crippen LogP contribution in [0, 0.1) is 5.82 Å². The fraction of sp³-hybridized carbons (Fsp3) is 0.261. The number of hydrogen-bond donors (Lipinski definition) is 3. The summed E-state index contributed by atoms with van der Waals surface area (Å²) in [6.45, 7) is 1.71. The van der Waals surface area contributed by atoms with Crippen LogP contribution in [0.4, 0.5) is 10.1 Å². The summed E-state index contributed by atoms with van der Waals surface area (Å²) in [6, 6.07) is 11.4. The highest BCUT2D eigenvalue weighted by Crippen LogP contribution is 2.23. The standard InChI is InChI=1S/C23H25FN6O4/c1-16(31)26-12-2-3-21(29-22(32)13-30-15-25-14-27-30)23(33)28-18-6-10-20(11-7-18)34-19-8-4-17(24)5-9-19/h4-11,14-15,21H,2-3,12-13H2,1H3,(H,26,31)(H,28,33)(H,29,32). The lowest BCUT2D eigenvalue weighted by Gasteiger charge is -2.19. The maximum absolute atomic E-state index is 13.0. The molecule has 0 aliphatic rings. The molecule has 10 nitrogen and oxygen atoms in total. The molecule has 1 atom stereocenters. The predicted octanol–water partition coefficient (Wildman–Crippen LogP) is 2.25. The van der Waals surface area contributed by atoms with Crippen LogP contribution in [0.5, 0.6) is 11.5 Å². The molecule has 0 spiro atoms. The molecule has 0 fully saturated rings. The molecule has 178 valence electrons. The van der Waals surface area contributed by atoms with E-state index >= 15 is 0 Å². The van der Waals surface area contributed by atoms with E-state index in [0.717, 1.165) is 0 Å². The Balaban J connectivity index is 1.58. The largest absolute Gasteiger partial charge is 0.457 e. The fourth-order valence-corrected chi connectivity index (χ4v) is 3.02. The van der Waals surface area contributed by atoms with Crippen LogP contribution in [0.1, 0.15) is 19.8 Å². The average molecular weight is 468 g/mol. The summed E-state index contributed by atoms with van der Waals surface area (Å²) in [6.07, 6.45) is 3.53. The Hall–Kier alpha value is -4.28. The first-order valence-corrected chi connectivity index (χ1v) is 10.6. The van der Waals surface area contributed by atoms with Crippen molar-refractivity contribution in [1.29, 1.82) is 0 Å². The zero-order valence-corrected chi connectivity index (χ0v) is 18.5. The molecule has 0 bridgehead atoms. The van der Waals surface area contributed by atoms with E-state index < -0.39 is 17.9 Å². The third-order valence-corrected chi connectivity index (χ3v) is 4.64. The van der Waals surface area contributed by atoms with Crippen LogP contribution in [0.25, 0.3) is 0 Å². The number of rotatable bonds is 11. The van der Waals surface area contributed by atoms with Gasteiger partial charge in [-0.25, -0.2) is 14.1 Å². The summed E-state index contributed by atoms with van der Waals surface area (Å²) >= 11 is 0. The van der Waals surface area contributed by atoms with Crippen LogP contribution >= 0.6 is 0 Å². The Morgan fingerprint density at radius 1 is 1.06 bits per heavy atom. The highest BCUT2D eigenvalue weighted by Gasteiger charge is 2.21. The number of halogens is 1. The van der Waals surface area contributed by atoms with Gasteiger partial charge in [-0.2, -0.15) is 5.10 Å². The second-order valence-electron chi connectivity index (χ2n) is 7.41. The van der Waals surface area contributed by atoms with Crippen molar-refractivity contribution in [3.63, 3.8) is 0 Å². The lowest BCUT2D eigenvalue weighted by molar-refractivity contribution is -0.127. The lowest BCUT2D eigenvalue weighted by atomic mass is 10.1. The molecule has 34 heavy (non-hydrogen) atoms. The van der Waals surface area contributed by atoms with Gasteiger partial charge in [0.15, 0.2) is 0 Å². The number of ether oxygens (including phenoxy) is 1. The fourth-order valence-electron chi connectivity index (χ4n) is 3.02. The number of anilines is 1. The van der Waals surface area contributed by atoms with E-state index in [0.29, 0.717) is 36.6 Å². The first-order chi connectivity index (χ1) is 16.4. The van der Waals surface area contributed by atoms with Crippen LogP contribution in [-0.2, 0) is 20.9 Å². The second kappa shape index (κ2) is 12.1. The SMILES string of the molecule is CC(=O)NCCCC(NC(=O)Cn1cncn1)C(=O)Nc1ccc(Oc2ccc(F)cc2)cc1. The lowest BCUT2D eigenvalue weighted by Crippen LogP contribution is -2.45. The molecule has 2 aromatic carbocycles. The molecule has 0 saturated heterocycles. The van der Waals surface area contributed by atoms with Gasteiger partial charge in [-0.1, -0.05) is 0 Å². The summed E-state index contributed by atoms with van der Waals surface area (Å²) in [7, 11) is 0. The van der Waals surface area contributed by atoms with E-state index in [1.165, 1.54) is 48.5 Å². The van der Waals surface area contributed by atoms with Crippen LogP contribution < -0.4 is 20.7 Å². The summed E-state index contributed by atoms with van der Waals surface area (Å²) in [5.74, 6) is -0.329. The number of benzene rings is 2. The molecule has 0 radical (unpaired) electrons. The molecule has 1 unspecified atom stereocenters. The van der Waals surface area contributed by atoms with Crippen LogP contribution in [0.3, 0.4) is 0 Å². The van der Waals surface area contributed by atoms with Gasteiger partial charge >= 0.3 is 0 Å². The number of aromatic nitrogens is 3. The highest BCUT2D eigenvalue weighted by atomic mass is 19.1. The third-order valence-electron chi connectivity index (χ3n) is 4.64. The monoisotopic (exact) mass is 468 g/mol. The number of carbonyl (C=O) groups excluding carboxylic acids is 3. The van der Waals surface area contributed by atoms with Crippen molar-refractivity contribution in [2.75, 3.05) is 11.9 Å². The number of amides is 3. The number of nitrogens with zero attached hydrogens (tertiary/aromatic N) is 3. The number of nitrogens with one attached hydrogen (secondary N) is 3. The Labute approximate surface area is 195 Å². The number of hydrogen-bond acceptors (Lipinski definition) is 6. The molecule has 3 N–H and O–H groups in total. The molecule has 0 saturated carbocycles. The maximum Gasteiger partial charge on any atom is 0.246 e. The zero-order chi connectivity index (χ0) is 24.3. The van der Waals surface area contributed by atoms with Crippen molar-refractivity contribution in [1.82, 2.24) is 25.4 Å². The molecular formula is C23H25FN6O4. The van der Waals surface area contributed by atoms with Crippen LogP contribution in [0.15, 0.2) is 61.2 Å². The summed E-state index contributed by atoms with van der Waals surface area (Å²) < 4.78 is 20.0. The van der Waals surface area contributed by atoms with Crippen molar-refractivity contribution in [3.8, 4) is 11.5 Å². The minimum atomic E-state index is -0.820. The highest BCUT2D eigenvalue weighted by molar-refractivity contribution is 5.97. The third kappa shape index (κ3) is 8.01. The normalized spacial score (nSPS) is 11.4. The van der Waals surface area contributed by atoms with Gasteiger partial charge in [0.05, 0.1) is 0 Å². The van der Waals surface area contributed by atoms with Crippen molar-refractivity contribution < 1.29 is 23.5 Å². The number of carbonyl (C=O) groups is 3. The van der Waals surface area contributed by atoms with Gasteiger partial charge in [-0.3, -0.25) is 14.4 Å². The van der Waals surface area contributed by atoms with Crippen molar-refractivity contribution >= 4 is 23.4 Å². The maximum atomic E-state index is 13.0. The Morgan fingerprint density at radius 3 is 2.35 bits per heavy atom. The van der Waals surface area contributed by atoms with Crippen LogP contribution in [0.2, 0.25) is 0 Å². The first kappa shape index (κ1) is 24.4. The molecule has 3 rings (SSSR count). The quantitative estimate of drug-likeness (QED) is 0.371. The molecule has 11 heteroatoms. The molecule has 1 aromatic heterocycles. The Morgan fingerprint density at radius 2 is 1.74 bits per heavy atom. The Bertz CT molecular complexity index is 1090. The molecule has 1 heterocycles. The van der Waals surface area contributed by atoms with Gasteiger partial charge in [0.25, 0.3) is 0 Å².